The van der Waals surface area contributed by atoms with E-state index in [1.807, 2.05) is 13.0 Å². The van der Waals surface area contributed by atoms with Crippen molar-refractivity contribution in [1.29, 1.82) is 0 Å². The fourth-order valence-electron chi connectivity index (χ4n) is 3.00. The number of allylic oxidation sites excluding steroid dienone is 5. The molecule has 0 aliphatic rings. The van der Waals surface area contributed by atoms with E-state index < -0.39 is 0 Å². The van der Waals surface area contributed by atoms with Crippen LogP contribution in [0.5, 0.6) is 0 Å². The van der Waals surface area contributed by atoms with Gasteiger partial charge in [0.05, 0.1) is 0 Å². The van der Waals surface area contributed by atoms with Gasteiger partial charge in [0.1, 0.15) is 0 Å². The van der Waals surface area contributed by atoms with Crippen molar-refractivity contribution in [3.8, 4) is 0 Å². The Hall–Kier alpha value is -2.54. The maximum absolute atomic E-state index is 4.20. The molecule has 2 aromatic rings. The third-order valence-corrected chi connectivity index (χ3v) is 4.79. The van der Waals surface area contributed by atoms with Crippen LogP contribution in [0.4, 0.5) is 11.4 Å². The van der Waals surface area contributed by atoms with Crippen molar-refractivity contribution in [2.45, 2.75) is 41.5 Å². The van der Waals surface area contributed by atoms with Crippen LogP contribution in [0.2, 0.25) is 0 Å². The van der Waals surface area contributed by atoms with Gasteiger partial charge >= 0.3 is 0 Å². The maximum Gasteiger partial charge on any atom is 0.0490 e. The molecular formula is C24H29N. The van der Waals surface area contributed by atoms with Gasteiger partial charge in [-0.15, -0.1) is 0 Å². The topological polar surface area (TPSA) is 3.24 Å². The fraction of sp³-hybridized carbons (Fsp3) is 0.250. The number of para-hydroxylation sites is 1. The Balaban J connectivity index is 2.65. The predicted molar refractivity (Wildman–Crippen MR) is 112 cm³/mol. The molecule has 0 aromatic heterocycles. The van der Waals surface area contributed by atoms with Crippen molar-refractivity contribution >= 4 is 16.9 Å². The van der Waals surface area contributed by atoms with Gasteiger partial charge in [-0.3, -0.25) is 0 Å². The third-order valence-electron chi connectivity index (χ3n) is 4.79. The van der Waals surface area contributed by atoms with Gasteiger partial charge in [0.2, 0.25) is 0 Å². The van der Waals surface area contributed by atoms with Crippen molar-refractivity contribution in [2.75, 3.05) is 4.90 Å². The molecule has 0 fully saturated rings. The quantitative estimate of drug-likeness (QED) is 0.518. The summed E-state index contributed by atoms with van der Waals surface area (Å²) in [7, 11) is 0. The third kappa shape index (κ3) is 3.93. The van der Waals surface area contributed by atoms with Gasteiger partial charge in [-0.2, -0.15) is 0 Å². The van der Waals surface area contributed by atoms with Crippen molar-refractivity contribution in [3.63, 3.8) is 0 Å². The minimum absolute atomic E-state index is 1.06. The highest BCUT2D eigenvalue weighted by Crippen LogP contribution is 2.36. The molecule has 130 valence electrons. The smallest absolute Gasteiger partial charge is 0.0490 e. The highest BCUT2D eigenvalue weighted by Gasteiger charge is 2.17. The molecule has 2 rings (SSSR count). The largest absolute Gasteiger partial charge is 0.314 e. The highest BCUT2D eigenvalue weighted by atomic mass is 15.1. The highest BCUT2D eigenvalue weighted by molar-refractivity contribution is 5.80. The number of hydrogen-bond acceptors (Lipinski definition) is 1. The lowest BCUT2D eigenvalue weighted by Crippen LogP contribution is -2.17. The van der Waals surface area contributed by atoms with Crippen molar-refractivity contribution in [1.82, 2.24) is 0 Å². The maximum atomic E-state index is 4.20. The van der Waals surface area contributed by atoms with Crippen LogP contribution in [-0.4, -0.2) is 0 Å². The van der Waals surface area contributed by atoms with Gasteiger partial charge in [-0.25, -0.2) is 0 Å². The van der Waals surface area contributed by atoms with E-state index in [1.165, 1.54) is 39.3 Å². The van der Waals surface area contributed by atoms with Gasteiger partial charge in [-0.05, 0) is 82.0 Å². The van der Waals surface area contributed by atoms with Crippen LogP contribution in [0.15, 0.2) is 72.5 Å². The van der Waals surface area contributed by atoms with Crippen LogP contribution in [0.25, 0.3) is 5.57 Å². The molecule has 0 N–H and O–H groups in total. The van der Waals surface area contributed by atoms with Gasteiger partial charge < -0.3 is 4.90 Å². The molecule has 0 unspecified atom stereocenters. The number of rotatable bonds is 5. The summed E-state index contributed by atoms with van der Waals surface area (Å²) >= 11 is 0. The van der Waals surface area contributed by atoms with Crippen molar-refractivity contribution < 1.29 is 0 Å². The lowest BCUT2D eigenvalue weighted by Gasteiger charge is -2.30. The Morgan fingerprint density at radius 3 is 2.12 bits per heavy atom. The average Bonchev–Trinajstić information content (AvgIpc) is 2.59. The molecule has 0 saturated heterocycles. The molecule has 0 heterocycles. The average molecular weight is 332 g/mol. The van der Waals surface area contributed by atoms with Gasteiger partial charge in [0.25, 0.3) is 0 Å². The van der Waals surface area contributed by atoms with Crippen LogP contribution in [0.3, 0.4) is 0 Å². The second kappa shape index (κ2) is 8.02. The summed E-state index contributed by atoms with van der Waals surface area (Å²) in [6.45, 7) is 17.1. The summed E-state index contributed by atoms with van der Waals surface area (Å²) in [4.78, 5) is 2.35. The van der Waals surface area contributed by atoms with Crippen molar-refractivity contribution in [2.24, 2.45) is 0 Å². The lowest BCUT2D eigenvalue weighted by atomic mass is 9.95. The Kier molecular flexibility index (Phi) is 6.03. The molecule has 0 spiro atoms. The van der Waals surface area contributed by atoms with E-state index in [0.29, 0.717) is 0 Å². The van der Waals surface area contributed by atoms with E-state index in [9.17, 15) is 0 Å². The molecule has 1 nitrogen and oxygen atoms in total. The second-order valence-corrected chi connectivity index (χ2v) is 6.66. The first-order chi connectivity index (χ1) is 11.9. The van der Waals surface area contributed by atoms with Crippen LogP contribution in [0, 0.1) is 13.8 Å². The standard InChI is InChI=1S/C24H29N/c1-8-12-18(4)23-15-16-24(20(6)19(23)5)25(21(7)17(2)3)22-13-10-9-11-14-22/h8-16H,4H2,1-3,5-7H3/b12-8-. The minimum Gasteiger partial charge on any atom is -0.314 e. The van der Waals surface area contributed by atoms with Crippen LogP contribution >= 0.6 is 0 Å². The Morgan fingerprint density at radius 2 is 1.56 bits per heavy atom. The lowest BCUT2D eigenvalue weighted by molar-refractivity contribution is 1.08. The normalized spacial score (nSPS) is 10.8. The van der Waals surface area contributed by atoms with Gasteiger partial charge in [0, 0.05) is 17.1 Å². The monoisotopic (exact) mass is 331 g/mol. The summed E-state index contributed by atoms with van der Waals surface area (Å²) in [5, 5.41) is 0. The molecule has 1 heteroatoms. The zero-order valence-corrected chi connectivity index (χ0v) is 16.4. The van der Waals surface area contributed by atoms with Crippen molar-refractivity contribution in [3.05, 3.63) is 89.2 Å². The van der Waals surface area contributed by atoms with E-state index in [-0.39, 0.29) is 0 Å². The minimum atomic E-state index is 1.06. The molecule has 0 bridgehead atoms. The first-order valence-electron chi connectivity index (χ1n) is 8.80. The molecule has 0 aliphatic heterocycles. The molecule has 0 atom stereocenters. The zero-order valence-electron chi connectivity index (χ0n) is 16.4. The van der Waals surface area contributed by atoms with E-state index in [0.717, 1.165) is 5.57 Å². The molecule has 0 amide bonds. The van der Waals surface area contributed by atoms with Gasteiger partial charge in [-0.1, -0.05) is 48.6 Å². The Morgan fingerprint density at radius 1 is 0.920 bits per heavy atom. The number of benzene rings is 2. The summed E-state index contributed by atoms with van der Waals surface area (Å²) in [6, 6.07) is 15.0. The van der Waals surface area contributed by atoms with Crippen LogP contribution in [-0.2, 0) is 0 Å². The van der Waals surface area contributed by atoms with E-state index in [4.69, 9.17) is 0 Å². The zero-order chi connectivity index (χ0) is 18.6. The molecule has 0 saturated carbocycles. The summed E-state index contributed by atoms with van der Waals surface area (Å²) in [5.74, 6) is 0. The molecule has 0 radical (unpaired) electrons. The predicted octanol–water partition coefficient (Wildman–Crippen LogP) is 7.34. The summed E-state index contributed by atoms with van der Waals surface area (Å²) < 4.78 is 0. The van der Waals surface area contributed by atoms with Crippen LogP contribution in [0.1, 0.15) is 44.4 Å². The van der Waals surface area contributed by atoms with E-state index >= 15 is 0 Å². The first-order valence-corrected chi connectivity index (χ1v) is 8.80. The second-order valence-electron chi connectivity index (χ2n) is 6.66. The van der Waals surface area contributed by atoms with Gasteiger partial charge in [0.15, 0.2) is 0 Å². The van der Waals surface area contributed by atoms with E-state index in [1.54, 1.807) is 0 Å². The summed E-state index contributed by atoms with van der Waals surface area (Å²) in [5.41, 5.74) is 9.80. The fourth-order valence-corrected chi connectivity index (χ4v) is 3.00. The molecular weight excluding hydrogens is 302 g/mol. The van der Waals surface area contributed by atoms with Crippen LogP contribution < -0.4 is 4.90 Å². The molecule has 0 aliphatic carbocycles. The summed E-state index contributed by atoms with van der Waals surface area (Å²) in [6.07, 6.45) is 4.10. The number of hydrogen-bond donors (Lipinski definition) is 0. The molecule has 2 aromatic carbocycles. The Bertz CT molecular complexity index is 819. The molecule has 25 heavy (non-hydrogen) atoms. The SMILES string of the molecule is C=C(/C=C\C)c1ccc(N(C(C)=C(C)C)c2ccccc2)c(C)c1C. The number of nitrogens with zero attached hydrogens (tertiary/aromatic N) is 1. The first kappa shape index (κ1) is 18.8. The number of anilines is 2. The Labute approximate surface area is 153 Å². The van der Waals surface area contributed by atoms with E-state index in [2.05, 4.69) is 94.6 Å².